The summed E-state index contributed by atoms with van der Waals surface area (Å²) in [6.45, 7) is 11.5. The molecular formula is C28H41N3O4. The number of nitrogens with zero attached hydrogens (tertiary/aromatic N) is 2. The highest BCUT2D eigenvalue weighted by Crippen LogP contribution is 2.34. The monoisotopic (exact) mass is 483 g/mol. The molecule has 0 saturated carbocycles. The molecule has 3 rings (SSSR count). The molecule has 0 bridgehead atoms. The van der Waals surface area contributed by atoms with Gasteiger partial charge in [0.15, 0.2) is 6.61 Å². The number of hydrogen-bond acceptors (Lipinski definition) is 6. The molecule has 1 saturated heterocycles. The molecule has 1 heterocycles. The van der Waals surface area contributed by atoms with E-state index in [1.807, 2.05) is 70.0 Å². The number of carbonyl (C=O) groups excluding carboxylic acids is 1. The van der Waals surface area contributed by atoms with Gasteiger partial charge in [-0.1, -0.05) is 30.3 Å². The molecular weight excluding hydrogens is 442 g/mol. The van der Waals surface area contributed by atoms with Crippen molar-refractivity contribution in [3.8, 4) is 5.75 Å². The smallest absolute Gasteiger partial charge is 0.260 e. The number of aliphatic hydroxyl groups excluding tert-OH is 1. The molecule has 35 heavy (non-hydrogen) atoms. The molecule has 1 atom stereocenters. The van der Waals surface area contributed by atoms with Crippen LogP contribution in [-0.2, 0) is 9.53 Å². The summed E-state index contributed by atoms with van der Waals surface area (Å²) in [7, 11) is 1.87. The van der Waals surface area contributed by atoms with Crippen LogP contribution >= 0.6 is 0 Å². The molecule has 1 unspecified atom stereocenters. The molecule has 1 aliphatic heterocycles. The molecule has 7 nitrogen and oxygen atoms in total. The van der Waals surface area contributed by atoms with Crippen molar-refractivity contribution in [1.29, 1.82) is 0 Å². The van der Waals surface area contributed by atoms with Gasteiger partial charge in [0.1, 0.15) is 11.9 Å². The van der Waals surface area contributed by atoms with Crippen molar-refractivity contribution >= 4 is 11.6 Å². The quantitative estimate of drug-likeness (QED) is 0.397. The van der Waals surface area contributed by atoms with Gasteiger partial charge >= 0.3 is 0 Å². The van der Waals surface area contributed by atoms with Crippen LogP contribution in [-0.4, -0.2) is 73.4 Å². The number of amides is 1. The van der Waals surface area contributed by atoms with Gasteiger partial charge in [0.2, 0.25) is 0 Å². The van der Waals surface area contributed by atoms with E-state index in [1.54, 1.807) is 0 Å². The molecule has 0 aliphatic carbocycles. The van der Waals surface area contributed by atoms with Gasteiger partial charge in [-0.3, -0.25) is 4.79 Å². The van der Waals surface area contributed by atoms with Crippen LogP contribution in [0.4, 0.5) is 5.69 Å². The van der Waals surface area contributed by atoms with Crippen molar-refractivity contribution in [2.24, 2.45) is 0 Å². The maximum atomic E-state index is 12.9. The second-order valence-corrected chi connectivity index (χ2v) is 9.61. The molecule has 2 aromatic carbocycles. The highest BCUT2D eigenvalue weighted by atomic mass is 16.5. The maximum absolute atomic E-state index is 12.9. The maximum Gasteiger partial charge on any atom is 0.260 e. The minimum atomic E-state index is -0.600. The number of likely N-dealkylation sites (tertiary alicyclic amines) is 1. The number of piperidine rings is 1. The third-order valence-corrected chi connectivity index (χ3v) is 7.46. The number of nitrogen functional groups attached to an aromatic ring is 1. The number of hydrogen-bond donors (Lipinski definition) is 2. The van der Waals surface area contributed by atoms with Gasteiger partial charge in [-0.05, 0) is 68.4 Å². The Labute approximate surface area is 209 Å². The van der Waals surface area contributed by atoms with Gasteiger partial charge in [0, 0.05) is 38.4 Å². The first kappa shape index (κ1) is 27.0. The van der Waals surface area contributed by atoms with Crippen LogP contribution in [0, 0.1) is 27.7 Å². The average Bonchev–Trinajstić information content (AvgIpc) is 2.89. The summed E-state index contributed by atoms with van der Waals surface area (Å²) >= 11 is 0. The predicted octanol–water partition coefficient (Wildman–Crippen LogP) is 3.55. The highest BCUT2D eigenvalue weighted by molar-refractivity contribution is 5.78. The summed E-state index contributed by atoms with van der Waals surface area (Å²) in [5.74, 6) is 0.760. The number of carbonyl (C=O) groups is 1. The van der Waals surface area contributed by atoms with Gasteiger partial charge in [0.05, 0.1) is 13.2 Å². The SMILES string of the molecule is Cc1c(C)c(OCC(=O)N(C)C2CCN(CCOCC(O)c3ccccc3)CC2)c(C)c(C)c1N. The van der Waals surface area contributed by atoms with E-state index in [1.165, 1.54) is 0 Å². The van der Waals surface area contributed by atoms with E-state index in [4.69, 9.17) is 15.2 Å². The first-order valence-corrected chi connectivity index (χ1v) is 12.5. The summed E-state index contributed by atoms with van der Waals surface area (Å²) in [5, 5.41) is 10.2. The van der Waals surface area contributed by atoms with Crippen LogP contribution in [0.5, 0.6) is 5.75 Å². The summed E-state index contributed by atoms with van der Waals surface area (Å²) in [6, 6.07) is 9.78. The minimum Gasteiger partial charge on any atom is -0.483 e. The molecule has 3 N–H and O–H groups in total. The van der Waals surface area contributed by atoms with E-state index in [-0.39, 0.29) is 18.6 Å². The molecule has 2 aromatic rings. The van der Waals surface area contributed by atoms with Crippen molar-refractivity contribution in [3.63, 3.8) is 0 Å². The number of benzene rings is 2. The number of ether oxygens (including phenoxy) is 2. The Morgan fingerprint density at radius 2 is 1.69 bits per heavy atom. The van der Waals surface area contributed by atoms with Gasteiger partial charge in [-0.2, -0.15) is 0 Å². The number of nitrogens with two attached hydrogens (primary N) is 1. The Morgan fingerprint density at radius 3 is 2.29 bits per heavy atom. The number of anilines is 1. The van der Waals surface area contributed by atoms with Crippen LogP contribution in [0.2, 0.25) is 0 Å². The van der Waals surface area contributed by atoms with Crippen LogP contribution in [0.3, 0.4) is 0 Å². The lowest BCUT2D eigenvalue weighted by molar-refractivity contribution is -0.135. The topological polar surface area (TPSA) is 88.3 Å². The third-order valence-electron chi connectivity index (χ3n) is 7.46. The van der Waals surface area contributed by atoms with Crippen molar-refractivity contribution < 1.29 is 19.4 Å². The van der Waals surface area contributed by atoms with Crippen molar-refractivity contribution in [3.05, 3.63) is 58.1 Å². The molecule has 0 radical (unpaired) electrons. The molecule has 1 amide bonds. The van der Waals surface area contributed by atoms with Gasteiger partial charge in [-0.15, -0.1) is 0 Å². The van der Waals surface area contributed by atoms with E-state index in [9.17, 15) is 9.90 Å². The predicted molar refractivity (Wildman–Crippen MR) is 140 cm³/mol. The zero-order valence-corrected chi connectivity index (χ0v) is 21.8. The third kappa shape index (κ3) is 6.75. The fourth-order valence-electron chi connectivity index (χ4n) is 4.65. The van der Waals surface area contributed by atoms with E-state index in [0.717, 1.165) is 71.7 Å². The average molecular weight is 484 g/mol. The zero-order valence-electron chi connectivity index (χ0n) is 21.8. The normalized spacial score (nSPS) is 15.7. The lowest BCUT2D eigenvalue weighted by Crippen LogP contribution is -2.47. The molecule has 192 valence electrons. The first-order valence-electron chi connectivity index (χ1n) is 12.5. The van der Waals surface area contributed by atoms with Gasteiger partial charge in [0.25, 0.3) is 5.91 Å². The number of rotatable bonds is 10. The summed E-state index contributed by atoms with van der Waals surface area (Å²) in [6.07, 6.45) is 1.25. The van der Waals surface area contributed by atoms with Crippen molar-refractivity contribution in [1.82, 2.24) is 9.80 Å². The minimum absolute atomic E-state index is 0.00684. The summed E-state index contributed by atoms with van der Waals surface area (Å²) in [4.78, 5) is 17.1. The van der Waals surface area contributed by atoms with E-state index in [2.05, 4.69) is 4.90 Å². The Bertz CT molecular complexity index is 958. The van der Waals surface area contributed by atoms with Crippen LogP contribution in [0.1, 0.15) is 46.8 Å². The Kier molecular flexibility index (Phi) is 9.55. The lowest BCUT2D eigenvalue weighted by Gasteiger charge is -2.36. The molecule has 1 aliphatic rings. The Morgan fingerprint density at radius 1 is 1.09 bits per heavy atom. The first-order chi connectivity index (χ1) is 16.7. The van der Waals surface area contributed by atoms with E-state index >= 15 is 0 Å². The van der Waals surface area contributed by atoms with Crippen LogP contribution < -0.4 is 10.5 Å². The number of aliphatic hydroxyl groups is 1. The second kappa shape index (κ2) is 12.4. The summed E-state index contributed by atoms with van der Waals surface area (Å²) in [5.41, 5.74) is 11.9. The van der Waals surface area contributed by atoms with Gasteiger partial charge < -0.3 is 30.1 Å². The standard InChI is InChI=1S/C28H41N3O4/c1-19-21(3)28(22(4)20(2)27(19)29)35-18-26(33)30(5)24-11-13-31(14-12-24)15-16-34-17-25(32)23-9-7-6-8-10-23/h6-10,24-25,32H,11-18,29H2,1-5H3. The molecule has 0 spiro atoms. The zero-order chi connectivity index (χ0) is 25.5. The van der Waals surface area contributed by atoms with E-state index < -0.39 is 6.10 Å². The second-order valence-electron chi connectivity index (χ2n) is 9.61. The van der Waals surface area contributed by atoms with E-state index in [0.29, 0.717) is 13.2 Å². The van der Waals surface area contributed by atoms with Gasteiger partial charge in [-0.25, -0.2) is 0 Å². The lowest BCUT2D eigenvalue weighted by atomic mass is 9.97. The van der Waals surface area contributed by atoms with Crippen molar-refractivity contribution in [2.45, 2.75) is 52.7 Å². The largest absolute Gasteiger partial charge is 0.483 e. The molecule has 1 fully saturated rings. The molecule has 7 heteroatoms. The number of likely N-dealkylation sites (N-methyl/N-ethyl adjacent to an activating group) is 1. The fraction of sp³-hybridized carbons (Fsp3) is 0.536. The molecule has 0 aromatic heterocycles. The Hall–Kier alpha value is -2.61. The summed E-state index contributed by atoms with van der Waals surface area (Å²) < 4.78 is 11.7. The fourth-order valence-corrected chi connectivity index (χ4v) is 4.65. The Balaban J connectivity index is 1.39. The van der Waals surface area contributed by atoms with Crippen molar-refractivity contribution in [2.75, 3.05) is 52.2 Å². The van der Waals surface area contributed by atoms with Crippen LogP contribution in [0.15, 0.2) is 30.3 Å². The highest BCUT2D eigenvalue weighted by Gasteiger charge is 2.26. The van der Waals surface area contributed by atoms with Crippen LogP contribution in [0.25, 0.3) is 0 Å².